The summed E-state index contributed by atoms with van der Waals surface area (Å²) < 4.78 is 26.6. The molecule has 0 fully saturated rings. The van der Waals surface area contributed by atoms with Crippen LogP contribution in [0.4, 0.5) is 25.8 Å². The molecule has 0 saturated heterocycles. The Bertz CT molecular complexity index is 766. The number of carbonyl (C=O) groups is 1. The van der Waals surface area contributed by atoms with Crippen molar-refractivity contribution in [3.63, 3.8) is 0 Å². The molecule has 1 amide bonds. The molecule has 0 saturated carbocycles. The van der Waals surface area contributed by atoms with Crippen LogP contribution in [-0.4, -0.2) is 17.6 Å². The molecule has 0 radical (unpaired) electrons. The summed E-state index contributed by atoms with van der Waals surface area (Å²) >= 11 is 5.25. The van der Waals surface area contributed by atoms with Gasteiger partial charge in [-0.05, 0) is 36.5 Å². The maximum Gasteiger partial charge on any atom is 0.244 e. The van der Waals surface area contributed by atoms with Gasteiger partial charge in [0.05, 0.1) is 17.1 Å². The SMILES string of the molecule is O=C1CN(C(=S)Nc2ccc(F)cc2F)c2ccccc2N1. The highest BCUT2D eigenvalue weighted by Crippen LogP contribution is 2.29. The summed E-state index contributed by atoms with van der Waals surface area (Å²) in [6, 6.07) is 10.3. The van der Waals surface area contributed by atoms with Gasteiger partial charge >= 0.3 is 0 Å². The molecule has 0 atom stereocenters. The van der Waals surface area contributed by atoms with Crippen LogP contribution in [0.15, 0.2) is 42.5 Å². The van der Waals surface area contributed by atoms with Crippen LogP contribution >= 0.6 is 12.2 Å². The fourth-order valence-corrected chi connectivity index (χ4v) is 2.46. The number of fused-ring (bicyclic) bond motifs is 1. The van der Waals surface area contributed by atoms with Crippen LogP contribution in [0.1, 0.15) is 0 Å². The summed E-state index contributed by atoms with van der Waals surface area (Å²) in [7, 11) is 0. The van der Waals surface area contributed by atoms with Gasteiger partial charge in [-0.2, -0.15) is 0 Å². The minimum atomic E-state index is -0.753. The molecular formula is C15H11F2N3OS. The van der Waals surface area contributed by atoms with E-state index in [0.717, 1.165) is 12.1 Å². The number of thiocarbonyl (C=S) groups is 1. The van der Waals surface area contributed by atoms with E-state index in [1.54, 1.807) is 23.1 Å². The summed E-state index contributed by atoms with van der Waals surface area (Å²) in [4.78, 5) is 13.3. The first-order valence-corrected chi connectivity index (χ1v) is 6.88. The van der Waals surface area contributed by atoms with Crippen molar-refractivity contribution in [3.8, 4) is 0 Å². The lowest BCUT2D eigenvalue weighted by Gasteiger charge is -2.31. The van der Waals surface area contributed by atoms with E-state index in [-0.39, 0.29) is 23.3 Å². The largest absolute Gasteiger partial charge is 0.330 e. The number of anilines is 3. The molecule has 1 aliphatic heterocycles. The van der Waals surface area contributed by atoms with Gasteiger partial charge in [-0.1, -0.05) is 12.1 Å². The Morgan fingerprint density at radius 1 is 1.23 bits per heavy atom. The molecule has 0 aliphatic carbocycles. The third-order valence-electron chi connectivity index (χ3n) is 3.19. The predicted octanol–water partition coefficient (Wildman–Crippen LogP) is 3.12. The van der Waals surface area contributed by atoms with Crippen LogP contribution < -0.4 is 15.5 Å². The molecule has 0 spiro atoms. The molecule has 2 N–H and O–H groups in total. The van der Waals surface area contributed by atoms with Gasteiger partial charge in [0, 0.05) is 6.07 Å². The van der Waals surface area contributed by atoms with Gasteiger partial charge in [0.15, 0.2) is 5.11 Å². The van der Waals surface area contributed by atoms with Gasteiger partial charge in [0.2, 0.25) is 5.91 Å². The summed E-state index contributed by atoms with van der Waals surface area (Å²) in [6.45, 7) is 0.0195. The molecule has 0 unspecified atom stereocenters. The van der Waals surface area contributed by atoms with Crippen LogP contribution in [0.2, 0.25) is 0 Å². The van der Waals surface area contributed by atoms with Crippen molar-refractivity contribution >= 4 is 40.3 Å². The van der Waals surface area contributed by atoms with Crippen molar-refractivity contribution in [2.75, 3.05) is 22.1 Å². The van der Waals surface area contributed by atoms with E-state index in [1.807, 2.05) is 6.07 Å². The second-order valence-corrected chi connectivity index (χ2v) is 5.09. The minimum Gasteiger partial charge on any atom is -0.330 e. The maximum absolute atomic E-state index is 13.7. The highest BCUT2D eigenvalue weighted by molar-refractivity contribution is 7.80. The second kappa shape index (κ2) is 5.69. The van der Waals surface area contributed by atoms with E-state index in [9.17, 15) is 13.6 Å². The summed E-state index contributed by atoms with van der Waals surface area (Å²) in [5.41, 5.74) is 1.39. The number of hydrogen-bond acceptors (Lipinski definition) is 2. The normalized spacial score (nSPS) is 13.4. The van der Waals surface area contributed by atoms with Crippen LogP contribution in [-0.2, 0) is 4.79 Å². The number of amides is 1. The first kappa shape index (κ1) is 14.4. The molecule has 112 valence electrons. The van der Waals surface area contributed by atoms with Crippen LogP contribution in [0.25, 0.3) is 0 Å². The highest BCUT2D eigenvalue weighted by Gasteiger charge is 2.24. The average Bonchev–Trinajstić information content (AvgIpc) is 2.49. The summed E-state index contributed by atoms with van der Waals surface area (Å²) in [6.07, 6.45) is 0. The Morgan fingerprint density at radius 3 is 2.77 bits per heavy atom. The lowest BCUT2D eigenvalue weighted by molar-refractivity contribution is -0.115. The Morgan fingerprint density at radius 2 is 2.00 bits per heavy atom. The van der Waals surface area contributed by atoms with Gasteiger partial charge in [0.1, 0.15) is 18.2 Å². The number of nitrogens with zero attached hydrogens (tertiary/aromatic N) is 1. The van der Waals surface area contributed by atoms with Gasteiger partial charge in [-0.15, -0.1) is 0 Å². The summed E-state index contributed by atoms with van der Waals surface area (Å²) in [5, 5.41) is 5.60. The van der Waals surface area contributed by atoms with Crippen molar-refractivity contribution in [1.82, 2.24) is 0 Å². The number of benzene rings is 2. The topological polar surface area (TPSA) is 44.4 Å². The minimum absolute atomic E-state index is 0.0195. The Balaban J connectivity index is 1.88. The lowest BCUT2D eigenvalue weighted by Crippen LogP contribution is -2.44. The molecule has 2 aromatic carbocycles. The lowest BCUT2D eigenvalue weighted by atomic mass is 10.2. The van der Waals surface area contributed by atoms with Crippen molar-refractivity contribution in [2.45, 2.75) is 0 Å². The third kappa shape index (κ3) is 2.75. The van der Waals surface area contributed by atoms with E-state index >= 15 is 0 Å². The maximum atomic E-state index is 13.7. The van der Waals surface area contributed by atoms with E-state index in [2.05, 4.69) is 10.6 Å². The predicted molar refractivity (Wildman–Crippen MR) is 85.0 cm³/mol. The standard InChI is InChI=1S/C15H11F2N3OS/c16-9-5-6-11(10(17)7-9)19-15(22)20-8-14(21)18-12-3-1-2-4-13(12)20/h1-7H,8H2,(H,18,21)(H,19,22). The molecule has 1 aliphatic rings. The molecule has 7 heteroatoms. The van der Waals surface area contributed by atoms with Crippen molar-refractivity contribution in [1.29, 1.82) is 0 Å². The molecule has 2 aromatic rings. The van der Waals surface area contributed by atoms with Crippen molar-refractivity contribution in [3.05, 3.63) is 54.1 Å². The van der Waals surface area contributed by atoms with Gasteiger partial charge < -0.3 is 15.5 Å². The Kier molecular flexibility index (Phi) is 3.72. The Labute approximate surface area is 130 Å². The van der Waals surface area contributed by atoms with Gasteiger partial charge in [0.25, 0.3) is 0 Å². The van der Waals surface area contributed by atoms with Crippen LogP contribution in [0, 0.1) is 11.6 Å². The zero-order valence-corrected chi connectivity index (χ0v) is 12.1. The molecular weight excluding hydrogens is 308 g/mol. The monoisotopic (exact) mass is 319 g/mol. The Hall–Kier alpha value is -2.54. The van der Waals surface area contributed by atoms with Crippen LogP contribution in [0.3, 0.4) is 0 Å². The van der Waals surface area contributed by atoms with E-state index in [4.69, 9.17) is 12.2 Å². The number of hydrogen-bond donors (Lipinski definition) is 2. The number of rotatable bonds is 1. The third-order valence-corrected chi connectivity index (χ3v) is 3.51. The zero-order chi connectivity index (χ0) is 15.7. The van der Waals surface area contributed by atoms with Gasteiger partial charge in [-0.25, -0.2) is 8.78 Å². The van der Waals surface area contributed by atoms with Gasteiger partial charge in [-0.3, -0.25) is 4.79 Å². The molecule has 22 heavy (non-hydrogen) atoms. The zero-order valence-electron chi connectivity index (χ0n) is 11.3. The number of para-hydroxylation sites is 2. The fraction of sp³-hybridized carbons (Fsp3) is 0.0667. The highest BCUT2D eigenvalue weighted by atomic mass is 32.1. The molecule has 0 aromatic heterocycles. The molecule has 0 bridgehead atoms. The first-order valence-electron chi connectivity index (χ1n) is 6.47. The number of halogens is 2. The first-order chi connectivity index (χ1) is 10.5. The van der Waals surface area contributed by atoms with E-state index in [1.165, 1.54) is 6.07 Å². The smallest absolute Gasteiger partial charge is 0.244 e. The van der Waals surface area contributed by atoms with Crippen LogP contribution in [0.5, 0.6) is 0 Å². The number of nitrogens with one attached hydrogen (secondary N) is 2. The second-order valence-electron chi connectivity index (χ2n) is 4.71. The van der Waals surface area contributed by atoms with Crippen molar-refractivity contribution < 1.29 is 13.6 Å². The molecule has 1 heterocycles. The summed E-state index contributed by atoms with van der Waals surface area (Å²) in [5.74, 6) is -1.64. The molecule has 3 rings (SSSR count). The van der Waals surface area contributed by atoms with Crippen molar-refractivity contribution in [2.24, 2.45) is 0 Å². The van der Waals surface area contributed by atoms with E-state index in [0.29, 0.717) is 11.4 Å². The average molecular weight is 319 g/mol. The molecule has 4 nitrogen and oxygen atoms in total. The van der Waals surface area contributed by atoms with E-state index < -0.39 is 11.6 Å². The fourth-order valence-electron chi connectivity index (χ4n) is 2.19. The quantitative estimate of drug-likeness (QED) is 0.793. The number of carbonyl (C=O) groups excluding carboxylic acids is 1.